The van der Waals surface area contributed by atoms with Crippen molar-refractivity contribution in [3.63, 3.8) is 0 Å². The van der Waals surface area contributed by atoms with Gasteiger partial charge >= 0.3 is 0 Å². The fourth-order valence-corrected chi connectivity index (χ4v) is 4.27. The molecule has 1 saturated heterocycles. The van der Waals surface area contributed by atoms with E-state index in [2.05, 4.69) is 64.7 Å². The highest BCUT2D eigenvalue weighted by molar-refractivity contribution is 9.10. The standard InChI is InChI=1S/C20H20BrFN2O/c1-20(2)16-7-11(21)3-5-14(16)15-6-4-13(9-17(15)20)24-19(25)18-8-12(22)10-23-18/h3-7,9,12,18,23H,8,10H2,1-2H3,(H,24,25). The van der Waals surface area contributed by atoms with Crippen LogP contribution in [0.5, 0.6) is 0 Å². The Balaban J connectivity index is 1.64. The van der Waals surface area contributed by atoms with E-state index in [9.17, 15) is 9.18 Å². The fourth-order valence-electron chi connectivity index (χ4n) is 3.91. The summed E-state index contributed by atoms with van der Waals surface area (Å²) in [5.74, 6) is -0.170. The predicted molar refractivity (Wildman–Crippen MR) is 102 cm³/mol. The van der Waals surface area contributed by atoms with Gasteiger partial charge in [-0.15, -0.1) is 0 Å². The lowest BCUT2D eigenvalue weighted by Crippen LogP contribution is -2.35. The van der Waals surface area contributed by atoms with E-state index < -0.39 is 12.2 Å². The van der Waals surface area contributed by atoms with Crippen molar-refractivity contribution in [2.24, 2.45) is 0 Å². The largest absolute Gasteiger partial charge is 0.325 e. The summed E-state index contributed by atoms with van der Waals surface area (Å²) >= 11 is 3.56. The zero-order valence-corrected chi connectivity index (χ0v) is 15.8. The van der Waals surface area contributed by atoms with Gasteiger partial charge in [0.15, 0.2) is 0 Å². The average Bonchev–Trinajstić information content (AvgIpc) is 3.09. The summed E-state index contributed by atoms with van der Waals surface area (Å²) in [6.45, 7) is 4.64. The molecule has 2 unspecified atom stereocenters. The van der Waals surface area contributed by atoms with Gasteiger partial charge in [-0.2, -0.15) is 0 Å². The molecule has 2 aromatic rings. The van der Waals surface area contributed by atoms with Crippen molar-refractivity contribution in [1.29, 1.82) is 0 Å². The summed E-state index contributed by atoms with van der Waals surface area (Å²) in [5.41, 5.74) is 5.53. The molecule has 2 aromatic carbocycles. The molecule has 4 rings (SSSR count). The third kappa shape index (κ3) is 2.79. The molecule has 2 atom stereocenters. The maximum Gasteiger partial charge on any atom is 0.241 e. The molecular formula is C20H20BrFN2O. The predicted octanol–water partition coefficient (Wildman–Crippen LogP) is 4.39. The third-order valence-corrected chi connectivity index (χ3v) is 5.79. The lowest BCUT2D eigenvalue weighted by Gasteiger charge is -2.22. The molecule has 1 aliphatic heterocycles. The second kappa shape index (κ2) is 5.92. The summed E-state index contributed by atoms with van der Waals surface area (Å²) in [5, 5.41) is 5.86. The van der Waals surface area contributed by atoms with Crippen LogP contribution in [-0.4, -0.2) is 24.7 Å². The molecule has 5 heteroatoms. The Labute approximate surface area is 155 Å². The van der Waals surface area contributed by atoms with E-state index in [-0.39, 0.29) is 24.3 Å². The van der Waals surface area contributed by atoms with Gasteiger partial charge in [0.05, 0.1) is 6.04 Å². The van der Waals surface area contributed by atoms with E-state index in [0.29, 0.717) is 0 Å². The second-order valence-corrected chi connectivity index (χ2v) is 8.27. The Bertz CT molecular complexity index is 865. The van der Waals surface area contributed by atoms with Crippen molar-refractivity contribution < 1.29 is 9.18 Å². The quantitative estimate of drug-likeness (QED) is 0.781. The first-order valence-corrected chi connectivity index (χ1v) is 9.29. The first kappa shape index (κ1) is 16.7. The van der Waals surface area contributed by atoms with Gasteiger partial charge in [0, 0.05) is 28.5 Å². The van der Waals surface area contributed by atoms with Gasteiger partial charge in [-0.1, -0.05) is 41.9 Å². The number of carbonyl (C=O) groups excluding carboxylic acids is 1. The van der Waals surface area contributed by atoms with E-state index in [1.165, 1.54) is 22.3 Å². The Kier molecular flexibility index (Phi) is 3.96. The molecule has 1 heterocycles. The molecule has 1 fully saturated rings. The van der Waals surface area contributed by atoms with Crippen molar-refractivity contribution in [3.05, 3.63) is 52.0 Å². The van der Waals surface area contributed by atoms with Crippen LogP contribution in [0.1, 0.15) is 31.4 Å². The first-order valence-electron chi connectivity index (χ1n) is 8.49. The summed E-state index contributed by atoms with van der Waals surface area (Å²) in [6, 6.07) is 11.9. The molecule has 0 aromatic heterocycles. The van der Waals surface area contributed by atoms with Gasteiger partial charge in [-0.3, -0.25) is 4.79 Å². The fraction of sp³-hybridized carbons (Fsp3) is 0.350. The molecule has 0 bridgehead atoms. The van der Waals surface area contributed by atoms with Crippen molar-refractivity contribution >= 4 is 27.5 Å². The SMILES string of the molecule is CC1(C)c2cc(Br)ccc2-c2ccc(NC(=O)C3CC(F)CN3)cc21. The molecule has 0 spiro atoms. The monoisotopic (exact) mass is 402 g/mol. The van der Waals surface area contributed by atoms with E-state index in [1.807, 2.05) is 12.1 Å². The summed E-state index contributed by atoms with van der Waals surface area (Å²) in [7, 11) is 0. The van der Waals surface area contributed by atoms with Crippen LogP contribution in [0.4, 0.5) is 10.1 Å². The number of hydrogen-bond acceptors (Lipinski definition) is 2. The number of nitrogens with one attached hydrogen (secondary N) is 2. The zero-order valence-electron chi connectivity index (χ0n) is 14.2. The molecule has 2 N–H and O–H groups in total. The van der Waals surface area contributed by atoms with Crippen molar-refractivity contribution in [2.45, 2.75) is 37.9 Å². The number of hydrogen-bond donors (Lipinski definition) is 2. The van der Waals surface area contributed by atoms with Crippen LogP contribution < -0.4 is 10.6 Å². The molecule has 1 amide bonds. The van der Waals surface area contributed by atoms with Crippen LogP contribution in [0, 0.1) is 0 Å². The van der Waals surface area contributed by atoms with E-state index in [0.717, 1.165) is 10.2 Å². The highest BCUT2D eigenvalue weighted by Gasteiger charge is 2.36. The Morgan fingerprint density at radius 2 is 1.88 bits per heavy atom. The Morgan fingerprint density at radius 1 is 1.20 bits per heavy atom. The molecule has 1 aliphatic carbocycles. The highest BCUT2D eigenvalue weighted by atomic mass is 79.9. The van der Waals surface area contributed by atoms with Gasteiger partial charge in [-0.05, 0) is 46.5 Å². The minimum absolute atomic E-state index is 0.134. The van der Waals surface area contributed by atoms with Crippen LogP contribution in [0.2, 0.25) is 0 Å². The topological polar surface area (TPSA) is 41.1 Å². The molecule has 3 nitrogen and oxygen atoms in total. The van der Waals surface area contributed by atoms with Crippen LogP contribution in [0.3, 0.4) is 0 Å². The highest BCUT2D eigenvalue weighted by Crippen LogP contribution is 2.49. The molecular weight excluding hydrogens is 383 g/mol. The van der Waals surface area contributed by atoms with Gasteiger partial charge in [0.1, 0.15) is 6.17 Å². The Hall–Kier alpha value is -1.72. The summed E-state index contributed by atoms with van der Waals surface area (Å²) in [4.78, 5) is 12.3. The number of benzene rings is 2. The maximum absolute atomic E-state index is 13.3. The zero-order chi connectivity index (χ0) is 17.8. The summed E-state index contributed by atoms with van der Waals surface area (Å²) in [6.07, 6.45) is -0.704. The lowest BCUT2D eigenvalue weighted by atomic mass is 9.82. The smallest absolute Gasteiger partial charge is 0.241 e. The number of fused-ring (bicyclic) bond motifs is 3. The van der Waals surface area contributed by atoms with Gasteiger partial charge in [0.2, 0.25) is 5.91 Å². The third-order valence-electron chi connectivity index (χ3n) is 5.30. The normalized spacial score (nSPS) is 23.2. The van der Waals surface area contributed by atoms with E-state index >= 15 is 0 Å². The number of carbonyl (C=O) groups is 1. The number of alkyl halides is 1. The number of anilines is 1. The number of rotatable bonds is 2. The van der Waals surface area contributed by atoms with Crippen molar-refractivity contribution in [1.82, 2.24) is 5.32 Å². The molecule has 0 saturated carbocycles. The molecule has 2 aliphatic rings. The van der Waals surface area contributed by atoms with Gasteiger partial charge < -0.3 is 10.6 Å². The van der Waals surface area contributed by atoms with Crippen LogP contribution in [-0.2, 0) is 10.2 Å². The van der Waals surface area contributed by atoms with E-state index in [4.69, 9.17) is 0 Å². The summed E-state index contributed by atoms with van der Waals surface area (Å²) < 4.78 is 14.4. The van der Waals surface area contributed by atoms with Crippen molar-refractivity contribution in [2.75, 3.05) is 11.9 Å². The molecule has 25 heavy (non-hydrogen) atoms. The van der Waals surface area contributed by atoms with Crippen LogP contribution >= 0.6 is 15.9 Å². The van der Waals surface area contributed by atoms with Gasteiger partial charge in [0.25, 0.3) is 0 Å². The maximum atomic E-state index is 13.3. The minimum atomic E-state index is -0.942. The first-order chi connectivity index (χ1) is 11.9. The molecule has 0 radical (unpaired) electrons. The van der Waals surface area contributed by atoms with Crippen molar-refractivity contribution in [3.8, 4) is 11.1 Å². The minimum Gasteiger partial charge on any atom is -0.325 e. The average molecular weight is 403 g/mol. The number of halogens is 2. The van der Waals surface area contributed by atoms with Crippen LogP contribution in [0.15, 0.2) is 40.9 Å². The van der Waals surface area contributed by atoms with E-state index in [1.54, 1.807) is 0 Å². The Morgan fingerprint density at radius 3 is 2.56 bits per heavy atom. The molecule has 130 valence electrons. The lowest BCUT2D eigenvalue weighted by molar-refractivity contribution is -0.117. The van der Waals surface area contributed by atoms with Gasteiger partial charge in [-0.25, -0.2) is 4.39 Å². The second-order valence-electron chi connectivity index (χ2n) is 7.36. The van der Waals surface area contributed by atoms with Crippen LogP contribution in [0.25, 0.3) is 11.1 Å². The number of amides is 1.